The minimum absolute atomic E-state index is 0.0117. The summed E-state index contributed by atoms with van der Waals surface area (Å²) in [4.78, 5) is 17.2. The van der Waals surface area contributed by atoms with Gasteiger partial charge < -0.3 is 20.5 Å². The summed E-state index contributed by atoms with van der Waals surface area (Å²) in [6.45, 7) is 3.37. The van der Waals surface area contributed by atoms with E-state index in [0.717, 1.165) is 11.3 Å². The number of aliphatic hydroxyl groups excluding tert-OH is 1. The second-order valence-corrected chi connectivity index (χ2v) is 5.41. The van der Waals surface area contributed by atoms with Crippen molar-refractivity contribution in [3.63, 3.8) is 0 Å². The van der Waals surface area contributed by atoms with Crippen molar-refractivity contribution < 1.29 is 9.84 Å². The number of benzene rings is 1. The molecular formula is C17H20N6O2. The standard InChI is InChI=1S/C17H20N6O2/c1-12-3-2-4-13(9-12)22-16-15-14(20-11-21-16)10-19-17(23-15)18-5-7-25-8-6-24/h2-4,9-11,24H,5-8H2,1H3,(H,18,19,23)(H,20,21,22). The quantitative estimate of drug-likeness (QED) is 0.534. The van der Waals surface area contributed by atoms with Crippen LogP contribution >= 0.6 is 0 Å². The number of aromatic nitrogens is 4. The van der Waals surface area contributed by atoms with Crippen LogP contribution in [0.15, 0.2) is 36.8 Å². The lowest BCUT2D eigenvalue weighted by Crippen LogP contribution is -2.13. The highest BCUT2D eigenvalue weighted by Crippen LogP contribution is 2.22. The number of anilines is 3. The normalized spacial score (nSPS) is 10.8. The molecule has 8 heteroatoms. The van der Waals surface area contributed by atoms with Crippen LogP contribution in [-0.4, -0.2) is 51.4 Å². The monoisotopic (exact) mass is 340 g/mol. The zero-order valence-electron chi connectivity index (χ0n) is 13.9. The molecular weight excluding hydrogens is 320 g/mol. The van der Waals surface area contributed by atoms with E-state index in [4.69, 9.17) is 9.84 Å². The lowest BCUT2D eigenvalue weighted by molar-refractivity contribution is 0.0991. The molecule has 0 aliphatic rings. The Kier molecular flexibility index (Phi) is 5.65. The van der Waals surface area contributed by atoms with E-state index in [2.05, 4.69) is 30.6 Å². The van der Waals surface area contributed by atoms with Gasteiger partial charge in [-0.3, -0.25) is 0 Å². The molecule has 0 radical (unpaired) electrons. The van der Waals surface area contributed by atoms with Crippen molar-refractivity contribution in [1.29, 1.82) is 0 Å². The average Bonchev–Trinajstić information content (AvgIpc) is 2.62. The molecule has 2 heterocycles. The zero-order valence-corrected chi connectivity index (χ0v) is 13.9. The molecule has 0 fully saturated rings. The minimum Gasteiger partial charge on any atom is -0.394 e. The highest BCUT2D eigenvalue weighted by Gasteiger charge is 2.08. The zero-order chi connectivity index (χ0) is 17.5. The molecule has 0 saturated carbocycles. The predicted octanol–water partition coefficient (Wildman–Crippen LogP) is 1.89. The van der Waals surface area contributed by atoms with E-state index in [1.807, 2.05) is 31.2 Å². The van der Waals surface area contributed by atoms with E-state index in [0.29, 0.717) is 42.6 Å². The summed E-state index contributed by atoms with van der Waals surface area (Å²) in [5.41, 5.74) is 3.39. The number of hydrogen-bond donors (Lipinski definition) is 3. The number of rotatable bonds is 8. The largest absolute Gasteiger partial charge is 0.394 e. The Balaban J connectivity index is 1.77. The molecule has 2 aromatic heterocycles. The van der Waals surface area contributed by atoms with Crippen LogP contribution in [0.3, 0.4) is 0 Å². The maximum Gasteiger partial charge on any atom is 0.223 e. The van der Waals surface area contributed by atoms with Gasteiger partial charge in [-0.1, -0.05) is 12.1 Å². The molecule has 0 aliphatic carbocycles. The fraction of sp³-hybridized carbons (Fsp3) is 0.294. The van der Waals surface area contributed by atoms with E-state index in [-0.39, 0.29) is 6.61 Å². The van der Waals surface area contributed by atoms with Crippen LogP contribution < -0.4 is 10.6 Å². The maximum atomic E-state index is 8.68. The van der Waals surface area contributed by atoms with Crippen molar-refractivity contribution in [3.8, 4) is 0 Å². The summed E-state index contributed by atoms with van der Waals surface area (Å²) in [5.74, 6) is 1.10. The van der Waals surface area contributed by atoms with Gasteiger partial charge in [0.15, 0.2) is 5.82 Å². The van der Waals surface area contributed by atoms with Gasteiger partial charge in [0.05, 0.1) is 26.0 Å². The molecule has 0 aliphatic heterocycles. The first-order valence-electron chi connectivity index (χ1n) is 8.00. The summed E-state index contributed by atoms with van der Waals surface area (Å²) >= 11 is 0. The predicted molar refractivity (Wildman–Crippen MR) is 96.0 cm³/mol. The molecule has 25 heavy (non-hydrogen) atoms. The molecule has 3 rings (SSSR count). The number of hydrogen-bond acceptors (Lipinski definition) is 8. The Labute approximate surface area is 145 Å². The Morgan fingerprint density at radius 3 is 2.92 bits per heavy atom. The van der Waals surface area contributed by atoms with Crippen LogP contribution in [0.4, 0.5) is 17.5 Å². The molecule has 0 spiro atoms. The van der Waals surface area contributed by atoms with E-state index in [9.17, 15) is 0 Å². The number of ether oxygens (including phenoxy) is 1. The highest BCUT2D eigenvalue weighted by molar-refractivity contribution is 5.87. The van der Waals surface area contributed by atoms with Crippen molar-refractivity contribution >= 4 is 28.5 Å². The maximum absolute atomic E-state index is 8.68. The van der Waals surface area contributed by atoms with Gasteiger partial charge in [0.2, 0.25) is 5.95 Å². The molecule has 0 amide bonds. The first-order chi connectivity index (χ1) is 12.3. The van der Waals surface area contributed by atoms with E-state index in [1.54, 1.807) is 6.20 Å². The van der Waals surface area contributed by atoms with Crippen molar-refractivity contribution in [2.24, 2.45) is 0 Å². The SMILES string of the molecule is Cc1cccc(Nc2ncnc3cnc(NCCOCCO)nc23)c1. The lowest BCUT2D eigenvalue weighted by Gasteiger charge is -2.10. The van der Waals surface area contributed by atoms with Gasteiger partial charge in [0.25, 0.3) is 0 Å². The molecule has 3 N–H and O–H groups in total. The first kappa shape index (κ1) is 17.0. The van der Waals surface area contributed by atoms with Crippen molar-refractivity contribution in [2.75, 3.05) is 37.0 Å². The number of aliphatic hydroxyl groups is 1. The Morgan fingerprint density at radius 1 is 1.16 bits per heavy atom. The van der Waals surface area contributed by atoms with Gasteiger partial charge >= 0.3 is 0 Å². The molecule has 0 unspecified atom stereocenters. The Bertz CT molecular complexity index is 842. The summed E-state index contributed by atoms with van der Waals surface area (Å²) in [6, 6.07) is 8.02. The second kappa shape index (κ2) is 8.32. The first-order valence-corrected chi connectivity index (χ1v) is 8.00. The number of aryl methyl sites for hydroxylation is 1. The van der Waals surface area contributed by atoms with Crippen LogP contribution in [0.25, 0.3) is 11.0 Å². The lowest BCUT2D eigenvalue weighted by atomic mass is 10.2. The molecule has 0 saturated heterocycles. The molecule has 0 atom stereocenters. The fourth-order valence-electron chi connectivity index (χ4n) is 2.29. The number of nitrogens with one attached hydrogen (secondary N) is 2. The smallest absolute Gasteiger partial charge is 0.223 e. The van der Waals surface area contributed by atoms with Gasteiger partial charge in [-0.2, -0.15) is 0 Å². The van der Waals surface area contributed by atoms with Crippen molar-refractivity contribution in [2.45, 2.75) is 6.92 Å². The molecule has 130 valence electrons. The van der Waals surface area contributed by atoms with Crippen molar-refractivity contribution in [3.05, 3.63) is 42.4 Å². The van der Waals surface area contributed by atoms with Crippen LogP contribution in [0.5, 0.6) is 0 Å². The van der Waals surface area contributed by atoms with Gasteiger partial charge in [0, 0.05) is 12.2 Å². The second-order valence-electron chi connectivity index (χ2n) is 5.41. The third-order valence-corrected chi connectivity index (χ3v) is 3.42. The molecule has 0 bridgehead atoms. The number of fused-ring (bicyclic) bond motifs is 1. The van der Waals surface area contributed by atoms with Crippen molar-refractivity contribution in [1.82, 2.24) is 19.9 Å². The van der Waals surface area contributed by atoms with Gasteiger partial charge in [-0.25, -0.2) is 19.9 Å². The van der Waals surface area contributed by atoms with Gasteiger partial charge in [0.1, 0.15) is 17.4 Å². The third-order valence-electron chi connectivity index (χ3n) is 3.42. The Morgan fingerprint density at radius 2 is 2.08 bits per heavy atom. The third kappa shape index (κ3) is 4.59. The topological polar surface area (TPSA) is 105 Å². The van der Waals surface area contributed by atoms with Crippen LogP contribution in [0.1, 0.15) is 5.56 Å². The summed E-state index contributed by atoms with van der Waals surface area (Å²) < 4.78 is 5.20. The summed E-state index contributed by atoms with van der Waals surface area (Å²) in [6.07, 6.45) is 3.14. The summed E-state index contributed by atoms with van der Waals surface area (Å²) in [7, 11) is 0. The van der Waals surface area contributed by atoms with E-state index < -0.39 is 0 Å². The minimum atomic E-state index is 0.0117. The van der Waals surface area contributed by atoms with E-state index in [1.165, 1.54) is 6.33 Å². The van der Waals surface area contributed by atoms with Crippen LogP contribution in [0.2, 0.25) is 0 Å². The molecule has 3 aromatic rings. The van der Waals surface area contributed by atoms with Gasteiger partial charge in [-0.05, 0) is 24.6 Å². The molecule has 1 aromatic carbocycles. The average molecular weight is 340 g/mol. The summed E-state index contributed by atoms with van der Waals surface area (Å²) in [5, 5.41) is 15.0. The highest BCUT2D eigenvalue weighted by atomic mass is 16.5. The molecule has 8 nitrogen and oxygen atoms in total. The van der Waals surface area contributed by atoms with Crippen LogP contribution in [-0.2, 0) is 4.74 Å². The van der Waals surface area contributed by atoms with Crippen LogP contribution in [0, 0.1) is 6.92 Å². The fourth-order valence-corrected chi connectivity index (χ4v) is 2.29. The van der Waals surface area contributed by atoms with Gasteiger partial charge in [-0.15, -0.1) is 0 Å². The Hall–Kier alpha value is -2.84. The number of nitrogens with zero attached hydrogens (tertiary/aromatic N) is 4. The van der Waals surface area contributed by atoms with E-state index >= 15 is 0 Å².